The van der Waals surface area contributed by atoms with Gasteiger partial charge in [-0.1, -0.05) is 50.8 Å². The van der Waals surface area contributed by atoms with Gasteiger partial charge in [0.25, 0.3) is 0 Å². The van der Waals surface area contributed by atoms with E-state index in [0.29, 0.717) is 16.7 Å². The number of nitrogens with zero attached hydrogens (tertiary/aromatic N) is 1. The van der Waals surface area contributed by atoms with Gasteiger partial charge in [-0.15, -0.1) is 0 Å². The van der Waals surface area contributed by atoms with Crippen molar-refractivity contribution >= 4 is 6.03 Å². The fraction of sp³-hybridized carbons (Fsp3) is 0.321. The summed E-state index contributed by atoms with van der Waals surface area (Å²) >= 11 is 0. The van der Waals surface area contributed by atoms with E-state index in [1.54, 1.807) is 23.1 Å². The number of alkyl halides is 3. The summed E-state index contributed by atoms with van der Waals surface area (Å²) in [7, 11) is 1.38. The zero-order valence-corrected chi connectivity index (χ0v) is 20.7. The molecule has 1 heterocycles. The highest BCUT2D eigenvalue weighted by atomic mass is 19.4. The Hall–Kier alpha value is -3.55. The van der Waals surface area contributed by atoms with Crippen LogP contribution in [-0.4, -0.2) is 31.1 Å². The molecule has 2 amide bonds. The van der Waals surface area contributed by atoms with Gasteiger partial charge in [0, 0.05) is 24.7 Å². The molecule has 192 valence electrons. The summed E-state index contributed by atoms with van der Waals surface area (Å²) in [5.74, 6) is -0.409. The average Bonchev–Trinajstić information content (AvgIpc) is 3.20. The first kappa shape index (κ1) is 27.0. The van der Waals surface area contributed by atoms with Crippen LogP contribution in [-0.2, 0) is 6.18 Å². The summed E-state index contributed by atoms with van der Waals surface area (Å²) in [6.45, 7) is 9.58. The molecular formula is C28H30F4N2O2. The van der Waals surface area contributed by atoms with Crippen LogP contribution in [0.15, 0.2) is 66.8 Å². The van der Waals surface area contributed by atoms with E-state index in [-0.39, 0.29) is 36.4 Å². The number of halogens is 4. The molecule has 0 radical (unpaired) electrons. The molecule has 1 N–H and O–H groups in total. The van der Waals surface area contributed by atoms with Gasteiger partial charge in [0.2, 0.25) is 0 Å². The summed E-state index contributed by atoms with van der Waals surface area (Å²) < 4.78 is 61.0. The molecule has 3 rings (SSSR count). The third-order valence-electron chi connectivity index (χ3n) is 6.16. The standard InChI is InChI=1S/C28H30F4N2O2/c1-6-8-9-18(7-2)15-34-16-25(33-27(34)35)22-12-19(28(30,31)32)10-11-20(22)23-13-21(17(3)4)24(29)14-26(23)36-5/h6-14,17,25H,1,15-16H2,2-5H3,(H,33,35)/b9-8-,18-7+. The van der Waals surface area contributed by atoms with Crippen molar-refractivity contribution in [3.05, 3.63) is 89.3 Å². The van der Waals surface area contributed by atoms with Gasteiger partial charge in [-0.25, -0.2) is 9.18 Å². The summed E-state index contributed by atoms with van der Waals surface area (Å²) in [4.78, 5) is 14.3. The number of ether oxygens (including phenoxy) is 1. The number of allylic oxidation sites excluding steroid dienone is 3. The normalized spacial score (nSPS) is 16.7. The second kappa shape index (κ2) is 11.0. The quantitative estimate of drug-likeness (QED) is 0.302. The molecule has 1 fully saturated rings. The first-order valence-corrected chi connectivity index (χ1v) is 11.6. The van der Waals surface area contributed by atoms with Crippen molar-refractivity contribution in [1.29, 1.82) is 0 Å². The van der Waals surface area contributed by atoms with Crippen LogP contribution in [0.3, 0.4) is 0 Å². The number of carbonyl (C=O) groups excluding carboxylic acids is 1. The lowest BCUT2D eigenvalue weighted by atomic mass is 9.89. The molecule has 1 unspecified atom stereocenters. The largest absolute Gasteiger partial charge is 0.496 e. The lowest BCUT2D eigenvalue weighted by molar-refractivity contribution is -0.137. The summed E-state index contributed by atoms with van der Waals surface area (Å²) in [6.07, 6.45) is 2.47. The molecule has 0 aromatic heterocycles. The van der Waals surface area contributed by atoms with E-state index in [1.165, 1.54) is 19.2 Å². The topological polar surface area (TPSA) is 41.6 Å². The minimum absolute atomic E-state index is 0.155. The minimum Gasteiger partial charge on any atom is -0.496 e. The first-order chi connectivity index (χ1) is 17.0. The van der Waals surface area contributed by atoms with Crippen molar-refractivity contribution in [2.24, 2.45) is 0 Å². The highest BCUT2D eigenvalue weighted by Gasteiger charge is 2.36. The van der Waals surface area contributed by atoms with E-state index in [2.05, 4.69) is 11.9 Å². The van der Waals surface area contributed by atoms with Crippen LogP contribution < -0.4 is 10.1 Å². The number of carbonyl (C=O) groups is 1. The molecule has 0 saturated carbocycles. The van der Waals surface area contributed by atoms with Crippen molar-refractivity contribution in [3.63, 3.8) is 0 Å². The van der Waals surface area contributed by atoms with Crippen molar-refractivity contribution in [2.75, 3.05) is 20.2 Å². The zero-order valence-electron chi connectivity index (χ0n) is 20.7. The van der Waals surface area contributed by atoms with Gasteiger partial charge in [-0.05, 0) is 53.3 Å². The minimum atomic E-state index is -4.57. The number of hydrogen-bond acceptors (Lipinski definition) is 2. The number of hydrogen-bond donors (Lipinski definition) is 1. The molecule has 0 spiro atoms. The van der Waals surface area contributed by atoms with Crippen LogP contribution in [0.5, 0.6) is 5.75 Å². The van der Waals surface area contributed by atoms with Crippen molar-refractivity contribution < 1.29 is 27.1 Å². The predicted octanol–water partition coefficient (Wildman–Crippen LogP) is 7.40. The molecule has 0 aliphatic carbocycles. The SMILES string of the molecule is C=C/C=C\C(=C/C)CN1CC(c2cc(C(F)(F)F)ccc2-c2cc(C(C)C)c(F)cc2OC)NC1=O. The summed E-state index contributed by atoms with van der Waals surface area (Å²) in [5.41, 5.74) is 1.62. The van der Waals surface area contributed by atoms with Crippen LogP contribution >= 0.6 is 0 Å². The van der Waals surface area contributed by atoms with Crippen LogP contribution in [0.2, 0.25) is 0 Å². The second-order valence-corrected chi connectivity index (χ2v) is 8.87. The smallest absolute Gasteiger partial charge is 0.416 e. The molecule has 2 aromatic rings. The fourth-order valence-electron chi connectivity index (χ4n) is 4.22. The maximum atomic E-state index is 14.6. The monoisotopic (exact) mass is 502 g/mol. The molecule has 1 atom stereocenters. The van der Waals surface area contributed by atoms with Crippen molar-refractivity contribution in [2.45, 2.75) is 38.9 Å². The summed E-state index contributed by atoms with van der Waals surface area (Å²) in [5, 5.41) is 2.81. The lowest BCUT2D eigenvalue weighted by Crippen LogP contribution is -2.29. The van der Waals surface area contributed by atoms with E-state index < -0.39 is 23.6 Å². The van der Waals surface area contributed by atoms with Gasteiger partial charge in [0.05, 0.1) is 18.7 Å². The molecule has 2 aromatic carbocycles. The Morgan fingerprint density at radius 3 is 2.56 bits per heavy atom. The van der Waals surface area contributed by atoms with Crippen molar-refractivity contribution in [1.82, 2.24) is 10.2 Å². The fourth-order valence-corrected chi connectivity index (χ4v) is 4.22. The first-order valence-electron chi connectivity index (χ1n) is 11.6. The molecule has 0 bridgehead atoms. The highest BCUT2D eigenvalue weighted by Crippen LogP contribution is 2.41. The van der Waals surface area contributed by atoms with E-state index in [0.717, 1.165) is 17.7 Å². The number of amides is 2. The second-order valence-electron chi connectivity index (χ2n) is 8.87. The third-order valence-corrected chi connectivity index (χ3v) is 6.16. The number of methoxy groups -OCH3 is 1. The van der Waals surface area contributed by atoms with E-state index in [4.69, 9.17) is 4.74 Å². The Morgan fingerprint density at radius 1 is 1.25 bits per heavy atom. The van der Waals surface area contributed by atoms with Gasteiger partial charge in [-0.2, -0.15) is 13.2 Å². The van der Waals surface area contributed by atoms with Gasteiger partial charge >= 0.3 is 12.2 Å². The zero-order chi connectivity index (χ0) is 26.6. The Labute approximate surface area is 208 Å². The van der Waals surface area contributed by atoms with Crippen LogP contribution in [0.1, 0.15) is 49.4 Å². The van der Waals surface area contributed by atoms with Gasteiger partial charge < -0.3 is 15.0 Å². The highest BCUT2D eigenvalue weighted by molar-refractivity contribution is 5.80. The Kier molecular flexibility index (Phi) is 8.28. The third kappa shape index (κ3) is 5.80. The number of rotatable bonds is 8. The molecular weight excluding hydrogens is 472 g/mol. The average molecular weight is 503 g/mol. The van der Waals surface area contributed by atoms with Gasteiger partial charge in [0.1, 0.15) is 11.6 Å². The Bertz CT molecular complexity index is 1200. The molecule has 1 saturated heterocycles. The Balaban J connectivity index is 2.11. The molecule has 4 nitrogen and oxygen atoms in total. The predicted molar refractivity (Wildman–Crippen MR) is 133 cm³/mol. The van der Waals surface area contributed by atoms with Crippen LogP contribution in [0, 0.1) is 5.82 Å². The van der Waals surface area contributed by atoms with Gasteiger partial charge in [0.15, 0.2) is 0 Å². The lowest BCUT2D eigenvalue weighted by Gasteiger charge is -2.21. The van der Waals surface area contributed by atoms with Crippen molar-refractivity contribution in [3.8, 4) is 16.9 Å². The van der Waals surface area contributed by atoms with Crippen LogP contribution in [0.4, 0.5) is 22.4 Å². The molecule has 1 aliphatic rings. The number of urea groups is 1. The van der Waals surface area contributed by atoms with E-state index >= 15 is 0 Å². The number of nitrogens with one attached hydrogen (secondary N) is 1. The van der Waals surface area contributed by atoms with Gasteiger partial charge in [-0.3, -0.25) is 0 Å². The molecule has 8 heteroatoms. The van der Waals surface area contributed by atoms with E-state index in [1.807, 2.05) is 32.9 Å². The Morgan fingerprint density at radius 2 is 1.97 bits per heavy atom. The summed E-state index contributed by atoms with van der Waals surface area (Å²) in [6, 6.07) is 5.15. The molecule has 36 heavy (non-hydrogen) atoms. The van der Waals surface area contributed by atoms with Crippen LogP contribution in [0.25, 0.3) is 11.1 Å². The maximum absolute atomic E-state index is 14.6. The number of benzene rings is 2. The maximum Gasteiger partial charge on any atom is 0.416 e. The van der Waals surface area contributed by atoms with E-state index in [9.17, 15) is 22.4 Å². The molecule has 1 aliphatic heterocycles.